The van der Waals surface area contributed by atoms with Crippen LogP contribution in [-0.4, -0.2) is 75.3 Å². The van der Waals surface area contributed by atoms with E-state index in [0.717, 1.165) is 24.2 Å². The SMILES string of the molecule is Cc1cc(N2CCN(C(=O)c3ccc4c(n3)C3(CC(CO)C3)CN4c3ccc(Cl)c(F)c3)C(C)(C)C2)nc(C)c1C(=O)O. The number of aliphatic hydroxyl groups excluding tert-OH is 1. The molecule has 2 aromatic heterocycles. The zero-order chi connectivity index (χ0) is 30.8. The number of hydrogen-bond acceptors (Lipinski definition) is 7. The lowest BCUT2D eigenvalue weighted by Crippen LogP contribution is -2.61. The maximum Gasteiger partial charge on any atom is 0.337 e. The third kappa shape index (κ3) is 4.90. The number of carbonyl (C=O) groups is 2. The van der Waals surface area contributed by atoms with Gasteiger partial charge in [-0.3, -0.25) is 4.79 Å². The second kappa shape index (κ2) is 10.4. The molecule has 0 atom stereocenters. The van der Waals surface area contributed by atoms with E-state index in [1.54, 1.807) is 38.1 Å². The third-order valence-electron chi connectivity index (χ3n) is 9.25. The highest BCUT2D eigenvalue weighted by Gasteiger charge is 2.53. The molecule has 3 aromatic rings. The van der Waals surface area contributed by atoms with Crippen molar-refractivity contribution in [2.45, 2.75) is 51.5 Å². The van der Waals surface area contributed by atoms with Crippen molar-refractivity contribution in [3.8, 4) is 0 Å². The average Bonchev–Trinajstić information content (AvgIpc) is 3.27. The van der Waals surface area contributed by atoms with Gasteiger partial charge in [-0.2, -0.15) is 0 Å². The molecule has 1 amide bonds. The summed E-state index contributed by atoms with van der Waals surface area (Å²) in [5, 5.41) is 19.4. The predicted octanol–water partition coefficient (Wildman–Crippen LogP) is 5.12. The molecule has 226 valence electrons. The first kappa shape index (κ1) is 29.3. The van der Waals surface area contributed by atoms with E-state index in [-0.39, 0.29) is 34.4 Å². The van der Waals surface area contributed by atoms with Crippen LogP contribution in [0.2, 0.25) is 5.02 Å². The fourth-order valence-corrected chi connectivity index (χ4v) is 7.30. The van der Waals surface area contributed by atoms with Gasteiger partial charge < -0.3 is 24.9 Å². The van der Waals surface area contributed by atoms with Crippen LogP contribution in [0.3, 0.4) is 0 Å². The van der Waals surface area contributed by atoms with Gasteiger partial charge in [0.05, 0.1) is 33.2 Å². The standard InChI is InChI=1S/C32H35ClFN5O4/c1-18-11-26(35-19(2)27(18)30(42)43)37-9-10-39(31(3,4)16-37)29(41)24-7-8-25-28(36-24)32(13-20(14-32)15-40)17-38(25)21-5-6-22(33)23(34)12-21/h5-8,11-12,20,40H,9-10,13-17H2,1-4H3,(H,42,43). The van der Waals surface area contributed by atoms with Crippen LogP contribution in [0.4, 0.5) is 21.6 Å². The van der Waals surface area contributed by atoms with Crippen LogP contribution in [0.5, 0.6) is 0 Å². The van der Waals surface area contributed by atoms with E-state index in [0.29, 0.717) is 54.6 Å². The van der Waals surface area contributed by atoms with Gasteiger partial charge in [-0.05, 0) is 88.4 Å². The molecular formula is C32H35ClFN5O4. The van der Waals surface area contributed by atoms with Crippen molar-refractivity contribution in [1.82, 2.24) is 14.9 Å². The van der Waals surface area contributed by atoms with Crippen LogP contribution in [0.25, 0.3) is 0 Å². The Morgan fingerprint density at radius 2 is 1.81 bits per heavy atom. The predicted molar refractivity (Wildman–Crippen MR) is 162 cm³/mol. The number of carboxylic acids is 1. The Bertz CT molecular complexity index is 1620. The summed E-state index contributed by atoms with van der Waals surface area (Å²) in [6.07, 6.45) is 1.48. The Morgan fingerprint density at radius 1 is 1.07 bits per heavy atom. The highest BCUT2D eigenvalue weighted by atomic mass is 35.5. The molecule has 43 heavy (non-hydrogen) atoms. The van der Waals surface area contributed by atoms with E-state index in [1.807, 2.05) is 29.7 Å². The van der Waals surface area contributed by atoms with Crippen molar-refractivity contribution in [3.63, 3.8) is 0 Å². The number of benzene rings is 1. The molecule has 1 aliphatic carbocycles. The van der Waals surface area contributed by atoms with Crippen LogP contribution in [0, 0.1) is 25.6 Å². The van der Waals surface area contributed by atoms with Crippen LogP contribution < -0.4 is 9.80 Å². The summed E-state index contributed by atoms with van der Waals surface area (Å²) in [5.41, 5.74) is 3.11. The first-order valence-electron chi connectivity index (χ1n) is 14.5. The number of carboxylic acid groups (broad SMARTS) is 1. The molecule has 9 nitrogen and oxygen atoms in total. The number of rotatable bonds is 5. The van der Waals surface area contributed by atoms with E-state index in [1.165, 1.54) is 6.07 Å². The first-order valence-corrected chi connectivity index (χ1v) is 14.8. The molecule has 4 heterocycles. The molecule has 11 heteroatoms. The summed E-state index contributed by atoms with van der Waals surface area (Å²) < 4.78 is 14.4. The minimum atomic E-state index is -0.995. The number of aryl methyl sites for hydroxylation is 2. The topological polar surface area (TPSA) is 110 Å². The number of fused-ring (bicyclic) bond motifs is 2. The van der Waals surface area contributed by atoms with Crippen molar-refractivity contribution in [2.24, 2.45) is 5.92 Å². The van der Waals surface area contributed by atoms with Crippen molar-refractivity contribution in [1.29, 1.82) is 0 Å². The molecule has 0 radical (unpaired) electrons. The normalized spacial score (nSPS) is 22.5. The molecule has 2 fully saturated rings. The monoisotopic (exact) mass is 607 g/mol. The number of amides is 1. The highest BCUT2D eigenvalue weighted by molar-refractivity contribution is 6.30. The number of hydrogen-bond donors (Lipinski definition) is 2. The summed E-state index contributed by atoms with van der Waals surface area (Å²) in [4.78, 5) is 41.1. The summed E-state index contributed by atoms with van der Waals surface area (Å²) in [6, 6.07) is 10.2. The molecule has 0 unspecified atom stereocenters. The quantitative estimate of drug-likeness (QED) is 0.411. The second-order valence-corrected chi connectivity index (χ2v) is 13.1. The Balaban J connectivity index is 1.27. The van der Waals surface area contributed by atoms with E-state index < -0.39 is 17.3 Å². The van der Waals surface area contributed by atoms with Crippen LogP contribution in [0.1, 0.15) is 64.5 Å². The zero-order valence-corrected chi connectivity index (χ0v) is 25.5. The summed E-state index contributed by atoms with van der Waals surface area (Å²) >= 11 is 5.94. The highest BCUT2D eigenvalue weighted by Crippen LogP contribution is 2.56. The van der Waals surface area contributed by atoms with Gasteiger partial charge in [0.1, 0.15) is 17.3 Å². The van der Waals surface area contributed by atoms with Crippen LogP contribution >= 0.6 is 11.6 Å². The van der Waals surface area contributed by atoms with Gasteiger partial charge in [0, 0.05) is 43.9 Å². The Morgan fingerprint density at radius 3 is 2.44 bits per heavy atom. The lowest BCUT2D eigenvalue weighted by molar-refractivity contribution is 0.0504. The summed E-state index contributed by atoms with van der Waals surface area (Å²) in [6.45, 7) is 9.66. The average molecular weight is 608 g/mol. The molecule has 2 N–H and O–H groups in total. The van der Waals surface area contributed by atoms with Gasteiger partial charge in [-0.1, -0.05) is 11.6 Å². The van der Waals surface area contributed by atoms with E-state index in [4.69, 9.17) is 16.6 Å². The molecule has 0 bridgehead atoms. The molecular weight excluding hydrogens is 573 g/mol. The Hall–Kier alpha value is -3.76. The van der Waals surface area contributed by atoms with Crippen molar-refractivity contribution in [3.05, 3.63) is 75.4 Å². The number of halogens is 2. The maximum absolute atomic E-state index is 14.4. The molecule has 6 rings (SSSR count). The van der Waals surface area contributed by atoms with E-state index in [2.05, 4.69) is 9.88 Å². The number of carbonyl (C=O) groups excluding carboxylic acids is 1. The van der Waals surface area contributed by atoms with Gasteiger partial charge in [0.15, 0.2) is 0 Å². The number of pyridine rings is 2. The van der Waals surface area contributed by atoms with Gasteiger partial charge in [0.25, 0.3) is 5.91 Å². The van der Waals surface area contributed by atoms with Gasteiger partial charge in [-0.15, -0.1) is 0 Å². The zero-order valence-electron chi connectivity index (χ0n) is 24.7. The number of nitrogens with zero attached hydrogens (tertiary/aromatic N) is 5. The number of anilines is 3. The van der Waals surface area contributed by atoms with Crippen molar-refractivity contribution < 1.29 is 24.2 Å². The van der Waals surface area contributed by atoms with Crippen molar-refractivity contribution in [2.75, 3.05) is 42.6 Å². The molecule has 1 saturated carbocycles. The van der Waals surface area contributed by atoms with Gasteiger partial charge in [0.2, 0.25) is 0 Å². The Kier molecular flexibility index (Phi) is 7.12. The van der Waals surface area contributed by atoms with Crippen LogP contribution in [-0.2, 0) is 5.41 Å². The Labute approximate surface area is 254 Å². The van der Waals surface area contributed by atoms with Crippen molar-refractivity contribution >= 4 is 40.7 Å². The molecule has 1 aromatic carbocycles. The molecule has 2 aliphatic heterocycles. The summed E-state index contributed by atoms with van der Waals surface area (Å²) in [5.74, 6) is -0.805. The fraction of sp³-hybridized carbons (Fsp3) is 0.438. The largest absolute Gasteiger partial charge is 0.478 e. The van der Waals surface area contributed by atoms with Gasteiger partial charge in [-0.25, -0.2) is 19.2 Å². The maximum atomic E-state index is 14.4. The van der Waals surface area contributed by atoms with E-state index >= 15 is 0 Å². The summed E-state index contributed by atoms with van der Waals surface area (Å²) in [7, 11) is 0. The number of piperazine rings is 1. The second-order valence-electron chi connectivity index (χ2n) is 12.7. The fourth-order valence-electron chi connectivity index (χ4n) is 7.18. The molecule has 1 spiro atoms. The van der Waals surface area contributed by atoms with Crippen LogP contribution in [0.15, 0.2) is 36.4 Å². The van der Waals surface area contributed by atoms with E-state index in [9.17, 15) is 24.2 Å². The first-order chi connectivity index (χ1) is 20.3. The lowest BCUT2D eigenvalue weighted by atomic mass is 9.61. The number of aromatic carboxylic acids is 1. The van der Waals surface area contributed by atoms with Gasteiger partial charge >= 0.3 is 5.97 Å². The smallest absolute Gasteiger partial charge is 0.337 e. The molecule has 1 saturated heterocycles. The lowest BCUT2D eigenvalue weighted by Gasteiger charge is -2.47. The minimum absolute atomic E-state index is 0.0574. The molecule has 3 aliphatic rings. The number of aliphatic hydroxyl groups is 1. The minimum Gasteiger partial charge on any atom is -0.478 e. The third-order valence-corrected chi connectivity index (χ3v) is 9.55. The number of aromatic nitrogens is 2.